The molecular formula is C13H23N. The van der Waals surface area contributed by atoms with Crippen molar-refractivity contribution in [1.29, 1.82) is 0 Å². The molecule has 0 aliphatic rings. The van der Waals surface area contributed by atoms with Crippen molar-refractivity contribution < 1.29 is 0 Å². The van der Waals surface area contributed by atoms with Crippen LogP contribution in [0.2, 0.25) is 0 Å². The minimum atomic E-state index is 0.659. The lowest BCUT2D eigenvalue weighted by atomic mass is 10.0. The quantitative estimate of drug-likeness (QED) is 0.696. The zero-order valence-electron chi connectivity index (χ0n) is 10.1. The maximum Gasteiger partial charge on any atom is -0.00533 e. The molecule has 0 atom stereocenters. The highest BCUT2D eigenvalue weighted by Crippen LogP contribution is 2.11. The maximum absolute atomic E-state index is 2.20. The summed E-state index contributed by atoms with van der Waals surface area (Å²) in [4.78, 5) is 2.12. The summed E-state index contributed by atoms with van der Waals surface area (Å²) in [5.74, 6) is 0.659. The largest absolute Gasteiger partial charge is 0.310 e. The van der Waals surface area contributed by atoms with E-state index in [1.807, 2.05) is 6.07 Å². The fraction of sp³-hybridized carbons (Fsp3) is 0.538. The van der Waals surface area contributed by atoms with Gasteiger partial charge in [0.25, 0.3) is 0 Å². The van der Waals surface area contributed by atoms with Gasteiger partial charge in [0.2, 0.25) is 0 Å². The van der Waals surface area contributed by atoms with Gasteiger partial charge in [-0.25, -0.2) is 0 Å². The van der Waals surface area contributed by atoms with Crippen LogP contribution in [-0.4, -0.2) is 25.5 Å². The Bertz CT molecular complexity index is 214. The summed E-state index contributed by atoms with van der Waals surface area (Å²) in [6.45, 7) is 7.67. The minimum Gasteiger partial charge on any atom is -0.310 e. The van der Waals surface area contributed by atoms with Crippen LogP contribution in [0, 0.1) is 0 Å². The molecule has 0 aliphatic heterocycles. The third kappa shape index (κ3) is 6.67. The summed E-state index contributed by atoms with van der Waals surface area (Å²) in [5, 5.41) is 0. The van der Waals surface area contributed by atoms with Crippen molar-refractivity contribution >= 4 is 0 Å². The molecule has 0 spiro atoms. The average molecular weight is 193 g/mol. The van der Waals surface area contributed by atoms with Crippen molar-refractivity contribution in [3.05, 3.63) is 35.9 Å². The highest BCUT2D eigenvalue weighted by molar-refractivity contribution is 5.17. The molecule has 0 unspecified atom stereocenters. The van der Waals surface area contributed by atoms with E-state index in [2.05, 4.69) is 64.0 Å². The molecule has 1 nitrogen and oxygen atoms in total. The average Bonchev–Trinajstić information content (AvgIpc) is 2.20. The number of benzene rings is 1. The molecule has 0 saturated carbocycles. The fourth-order valence-electron chi connectivity index (χ4n) is 0.838. The first-order chi connectivity index (χ1) is 6.57. The van der Waals surface area contributed by atoms with Crippen LogP contribution in [0.3, 0.4) is 0 Å². The molecule has 1 heteroatoms. The number of hydrogen-bond donors (Lipinski definition) is 0. The summed E-state index contributed by atoms with van der Waals surface area (Å²) < 4.78 is 0. The Balaban J connectivity index is 0.000000292. The molecule has 1 aromatic carbocycles. The Labute approximate surface area is 88.8 Å². The van der Waals surface area contributed by atoms with Crippen LogP contribution in [0.4, 0.5) is 0 Å². The standard InChI is InChI=1S/C9H12.C4H11N/c1-8(2)9-6-4-3-5-7-9;1-4-5(2)3/h3-8H,1-2H3;4H2,1-3H3. The first kappa shape index (κ1) is 13.2. The molecule has 0 aromatic heterocycles. The topological polar surface area (TPSA) is 3.24 Å². The molecule has 1 aromatic rings. The smallest absolute Gasteiger partial charge is 0.00533 e. The Morgan fingerprint density at radius 1 is 1.07 bits per heavy atom. The lowest BCUT2D eigenvalue weighted by molar-refractivity contribution is 0.434. The van der Waals surface area contributed by atoms with E-state index in [1.54, 1.807) is 0 Å². The van der Waals surface area contributed by atoms with E-state index in [-0.39, 0.29) is 0 Å². The monoisotopic (exact) mass is 193 g/mol. The van der Waals surface area contributed by atoms with Crippen molar-refractivity contribution in [3.63, 3.8) is 0 Å². The van der Waals surface area contributed by atoms with Crippen LogP contribution in [0.5, 0.6) is 0 Å². The summed E-state index contributed by atoms with van der Waals surface area (Å²) in [6, 6.07) is 10.5. The van der Waals surface area contributed by atoms with Gasteiger partial charge in [-0.1, -0.05) is 51.1 Å². The van der Waals surface area contributed by atoms with Gasteiger partial charge in [-0.2, -0.15) is 0 Å². The van der Waals surface area contributed by atoms with Gasteiger partial charge >= 0.3 is 0 Å². The third-order valence-electron chi connectivity index (χ3n) is 2.10. The predicted molar refractivity (Wildman–Crippen MR) is 64.8 cm³/mol. The zero-order valence-corrected chi connectivity index (χ0v) is 10.1. The molecule has 0 N–H and O–H groups in total. The Morgan fingerprint density at radius 3 is 1.71 bits per heavy atom. The Morgan fingerprint density at radius 2 is 1.50 bits per heavy atom. The second kappa shape index (κ2) is 7.57. The van der Waals surface area contributed by atoms with E-state index in [0.29, 0.717) is 5.92 Å². The first-order valence-electron chi connectivity index (χ1n) is 5.27. The molecule has 0 heterocycles. The molecule has 0 aliphatic carbocycles. The van der Waals surface area contributed by atoms with Gasteiger partial charge in [0, 0.05) is 0 Å². The lowest BCUT2D eigenvalue weighted by Crippen LogP contribution is -2.08. The lowest BCUT2D eigenvalue weighted by Gasteiger charge is -2.01. The first-order valence-corrected chi connectivity index (χ1v) is 5.27. The van der Waals surface area contributed by atoms with E-state index >= 15 is 0 Å². The minimum absolute atomic E-state index is 0.659. The number of hydrogen-bond acceptors (Lipinski definition) is 1. The van der Waals surface area contributed by atoms with Gasteiger partial charge in [0.1, 0.15) is 0 Å². The normalized spacial score (nSPS) is 9.93. The van der Waals surface area contributed by atoms with E-state index in [1.165, 1.54) is 5.56 Å². The Hall–Kier alpha value is -0.820. The molecule has 0 fully saturated rings. The van der Waals surface area contributed by atoms with E-state index in [9.17, 15) is 0 Å². The van der Waals surface area contributed by atoms with Crippen LogP contribution < -0.4 is 0 Å². The van der Waals surface area contributed by atoms with Crippen LogP contribution in [0.1, 0.15) is 32.3 Å². The summed E-state index contributed by atoms with van der Waals surface area (Å²) >= 11 is 0. The predicted octanol–water partition coefficient (Wildman–Crippen LogP) is 3.38. The Kier molecular flexibility index (Phi) is 7.13. The van der Waals surface area contributed by atoms with Crippen molar-refractivity contribution in [2.75, 3.05) is 20.6 Å². The highest BCUT2D eigenvalue weighted by Gasteiger charge is 1.93. The van der Waals surface area contributed by atoms with E-state index in [0.717, 1.165) is 6.54 Å². The number of rotatable bonds is 2. The van der Waals surface area contributed by atoms with E-state index in [4.69, 9.17) is 0 Å². The third-order valence-corrected chi connectivity index (χ3v) is 2.10. The molecule has 1 rings (SSSR count). The van der Waals surface area contributed by atoms with Crippen LogP contribution in [0.25, 0.3) is 0 Å². The maximum atomic E-state index is 2.20. The van der Waals surface area contributed by atoms with Crippen LogP contribution >= 0.6 is 0 Å². The second-order valence-corrected chi connectivity index (χ2v) is 3.96. The molecule has 0 bridgehead atoms. The fourth-order valence-corrected chi connectivity index (χ4v) is 0.838. The number of nitrogens with zero attached hydrogens (tertiary/aromatic N) is 1. The highest BCUT2D eigenvalue weighted by atomic mass is 15.0. The van der Waals surface area contributed by atoms with Crippen molar-refractivity contribution in [2.24, 2.45) is 0 Å². The van der Waals surface area contributed by atoms with E-state index < -0.39 is 0 Å². The van der Waals surface area contributed by atoms with Gasteiger partial charge in [0.15, 0.2) is 0 Å². The van der Waals surface area contributed by atoms with Gasteiger partial charge in [0.05, 0.1) is 0 Å². The van der Waals surface area contributed by atoms with Gasteiger partial charge in [-0.3, -0.25) is 0 Å². The molecule has 0 radical (unpaired) electrons. The summed E-state index contributed by atoms with van der Waals surface area (Å²) in [5.41, 5.74) is 1.41. The molecule has 14 heavy (non-hydrogen) atoms. The molecule has 80 valence electrons. The second-order valence-electron chi connectivity index (χ2n) is 3.96. The summed E-state index contributed by atoms with van der Waals surface area (Å²) in [7, 11) is 4.11. The van der Waals surface area contributed by atoms with Crippen molar-refractivity contribution in [1.82, 2.24) is 4.90 Å². The zero-order chi connectivity index (χ0) is 11.0. The van der Waals surface area contributed by atoms with Crippen molar-refractivity contribution in [3.8, 4) is 0 Å². The van der Waals surface area contributed by atoms with Gasteiger partial charge in [-0.05, 0) is 32.1 Å². The van der Waals surface area contributed by atoms with Crippen molar-refractivity contribution in [2.45, 2.75) is 26.7 Å². The van der Waals surface area contributed by atoms with Crippen LogP contribution in [0.15, 0.2) is 30.3 Å². The van der Waals surface area contributed by atoms with Gasteiger partial charge < -0.3 is 4.90 Å². The summed E-state index contributed by atoms with van der Waals surface area (Å²) in [6.07, 6.45) is 0. The SMILES string of the molecule is CC(C)c1ccccc1.CCN(C)C. The molecule has 0 amide bonds. The molecular weight excluding hydrogens is 170 g/mol. The van der Waals surface area contributed by atoms with Crippen LogP contribution in [-0.2, 0) is 0 Å². The van der Waals surface area contributed by atoms with Gasteiger partial charge in [-0.15, -0.1) is 0 Å². The molecule has 0 saturated heterocycles.